The number of carbonyl (C=O) groups is 4. The summed E-state index contributed by atoms with van der Waals surface area (Å²) in [6.45, 7) is 1.58. The molecule has 1 fully saturated rings. The van der Waals surface area contributed by atoms with E-state index in [4.69, 9.17) is 23.7 Å². The molecule has 1 aromatic heterocycles. The minimum atomic E-state index is -1.53. The van der Waals surface area contributed by atoms with Crippen LogP contribution in [0.25, 0.3) is 0 Å². The van der Waals surface area contributed by atoms with E-state index in [0.717, 1.165) is 16.4 Å². The smallest absolute Gasteiger partial charge is 0.347 e. The van der Waals surface area contributed by atoms with Crippen LogP contribution in [0.3, 0.4) is 0 Å². The number of esters is 4. The van der Waals surface area contributed by atoms with Gasteiger partial charge in [0.15, 0.2) is 23.5 Å². The summed E-state index contributed by atoms with van der Waals surface area (Å²) in [7, 11) is 0. The standard InChI is InChI=1S/C37H37N3O11S/c1-2-47-28(41)21-13-6-14-22-52-32-31(42)38-37(46)40(39-32)33-30(51-36(45)26-19-11-5-12-20-26)29(50-35(44)25-17-9-4-10-18-25)27(49-33)23-48-34(43)24-15-7-3-8-16-24/h3-5,7-12,15-20,27,29-30,33H,2,6,13-14,21-23H2,1H3,(H,38,42,46). The number of hydrogen-bond acceptors (Lipinski definition) is 13. The molecule has 4 unspecified atom stereocenters. The average molecular weight is 732 g/mol. The van der Waals surface area contributed by atoms with E-state index in [2.05, 4.69) is 10.1 Å². The highest BCUT2D eigenvalue weighted by atomic mass is 32.2. The molecule has 0 saturated carbocycles. The molecule has 5 rings (SSSR count). The van der Waals surface area contributed by atoms with Crippen molar-refractivity contribution < 1.29 is 42.9 Å². The Morgan fingerprint density at radius 1 is 0.750 bits per heavy atom. The van der Waals surface area contributed by atoms with Crippen molar-refractivity contribution in [2.24, 2.45) is 0 Å². The van der Waals surface area contributed by atoms with Crippen LogP contribution >= 0.6 is 11.8 Å². The predicted molar refractivity (Wildman–Crippen MR) is 187 cm³/mol. The molecule has 4 aromatic rings. The second-order valence-corrected chi connectivity index (χ2v) is 12.6. The van der Waals surface area contributed by atoms with E-state index in [0.29, 0.717) is 31.6 Å². The van der Waals surface area contributed by atoms with Crippen LogP contribution in [0.2, 0.25) is 0 Å². The molecule has 1 aliphatic rings. The number of nitrogens with zero attached hydrogens (tertiary/aromatic N) is 2. The van der Waals surface area contributed by atoms with Crippen molar-refractivity contribution in [3.63, 3.8) is 0 Å². The van der Waals surface area contributed by atoms with E-state index >= 15 is 0 Å². The lowest BCUT2D eigenvalue weighted by Crippen LogP contribution is -2.44. The number of ether oxygens (including phenoxy) is 5. The second kappa shape index (κ2) is 18.6. The van der Waals surface area contributed by atoms with E-state index in [1.54, 1.807) is 73.7 Å². The van der Waals surface area contributed by atoms with Gasteiger partial charge in [-0.2, -0.15) is 9.78 Å². The normalized spacial score (nSPS) is 17.9. The molecular weight excluding hydrogens is 694 g/mol. The Morgan fingerprint density at radius 2 is 1.31 bits per heavy atom. The Kier molecular flexibility index (Phi) is 13.5. The third kappa shape index (κ3) is 10.0. The highest BCUT2D eigenvalue weighted by Gasteiger charge is 2.52. The number of thioether (sulfide) groups is 1. The maximum absolute atomic E-state index is 13.4. The molecule has 3 aromatic carbocycles. The highest BCUT2D eigenvalue weighted by Crippen LogP contribution is 2.34. The van der Waals surface area contributed by atoms with Crippen LogP contribution in [0.15, 0.2) is 106 Å². The van der Waals surface area contributed by atoms with Gasteiger partial charge in [0.05, 0.1) is 23.3 Å². The van der Waals surface area contributed by atoms with Crippen molar-refractivity contribution in [3.8, 4) is 0 Å². The van der Waals surface area contributed by atoms with Crippen LogP contribution < -0.4 is 11.2 Å². The first-order chi connectivity index (χ1) is 25.2. The van der Waals surface area contributed by atoms with Crippen LogP contribution in [0.4, 0.5) is 0 Å². The van der Waals surface area contributed by atoms with Gasteiger partial charge in [0.2, 0.25) is 0 Å². The molecule has 15 heteroatoms. The second-order valence-electron chi connectivity index (χ2n) is 11.5. The van der Waals surface area contributed by atoms with Crippen LogP contribution in [-0.4, -0.2) is 75.9 Å². The monoisotopic (exact) mass is 731 g/mol. The third-order valence-corrected chi connectivity index (χ3v) is 8.84. The number of rotatable bonds is 16. The van der Waals surface area contributed by atoms with Crippen LogP contribution in [0, 0.1) is 0 Å². The summed E-state index contributed by atoms with van der Waals surface area (Å²) >= 11 is 1.08. The van der Waals surface area contributed by atoms with Gasteiger partial charge >= 0.3 is 29.6 Å². The summed E-state index contributed by atoms with van der Waals surface area (Å²) in [4.78, 5) is 79.7. The number of unbranched alkanes of at least 4 members (excludes halogenated alkanes) is 2. The number of aromatic nitrogens is 3. The highest BCUT2D eigenvalue weighted by molar-refractivity contribution is 7.99. The van der Waals surface area contributed by atoms with Crippen LogP contribution in [0.1, 0.15) is 69.9 Å². The Morgan fingerprint density at radius 3 is 1.88 bits per heavy atom. The third-order valence-electron chi connectivity index (χ3n) is 7.81. The van der Waals surface area contributed by atoms with Crippen molar-refractivity contribution in [3.05, 3.63) is 129 Å². The predicted octanol–water partition coefficient (Wildman–Crippen LogP) is 4.35. The van der Waals surface area contributed by atoms with Gasteiger partial charge < -0.3 is 23.7 Å². The Balaban J connectivity index is 1.44. The number of benzene rings is 3. The Labute approximate surface area is 302 Å². The van der Waals surface area contributed by atoms with Crippen LogP contribution in [-0.2, 0) is 28.5 Å². The lowest BCUT2D eigenvalue weighted by Gasteiger charge is -2.24. The van der Waals surface area contributed by atoms with Gasteiger partial charge in [-0.15, -0.1) is 0 Å². The number of nitrogens with one attached hydrogen (secondary N) is 1. The topological polar surface area (TPSA) is 182 Å². The first kappa shape index (κ1) is 37.7. The van der Waals surface area contributed by atoms with E-state index in [9.17, 15) is 28.8 Å². The van der Waals surface area contributed by atoms with Crippen molar-refractivity contribution in [2.75, 3.05) is 19.0 Å². The first-order valence-corrected chi connectivity index (χ1v) is 17.6. The van der Waals surface area contributed by atoms with Gasteiger partial charge in [0.25, 0.3) is 5.56 Å². The average Bonchev–Trinajstić information content (AvgIpc) is 3.49. The van der Waals surface area contributed by atoms with E-state index in [1.165, 1.54) is 24.3 Å². The molecule has 1 aliphatic heterocycles. The Hall–Kier alpha value is -5.54. The summed E-state index contributed by atoms with van der Waals surface area (Å²) < 4.78 is 29.3. The molecular formula is C37H37N3O11S. The molecule has 0 spiro atoms. The fourth-order valence-electron chi connectivity index (χ4n) is 5.27. The molecule has 14 nitrogen and oxygen atoms in total. The quantitative estimate of drug-likeness (QED) is 0.0744. The minimum absolute atomic E-state index is 0.0708. The maximum Gasteiger partial charge on any atom is 0.347 e. The molecule has 52 heavy (non-hydrogen) atoms. The fraction of sp³-hybridized carbons (Fsp3) is 0.324. The summed E-state index contributed by atoms with van der Waals surface area (Å²) in [5.74, 6) is -2.16. The molecule has 2 heterocycles. The fourth-order valence-corrected chi connectivity index (χ4v) is 6.14. The van der Waals surface area contributed by atoms with Gasteiger partial charge in [-0.05, 0) is 61.9 Å². The number of hydrogen-bond donors (Lipinski definition) is 1. The summed E-state index contributed by atoms with van der Waals surface area (Å²) in [6.07, 6.45) is -3.50. The first-order valence-electron chi connectivity index (χ1n) is 16.7. The van der Waals surface area contributed by atoms with Crippen molar-refractivity contribution in [1.29, 1.82) is 0 Å². The van der Waals surface area contributed by atoms with Crippen molar-refractivity contribution in [2.45, 2.75) is 62.2 Å². The van der Waals surface area contributed by atoms with E-state index in [1.807, 2.05) is 0 Å². The lowest BCUT2D eigenvalue weighted by molar-refractivity contribution is -0.143. The molecule has 4 atom stereocenters. The zero-order chi connectivity index (χ0) is 36.9. The number of aromatic amines is 1. The minimum Gasteiger partial charge on any atom is -0.466 e. The number of carbonyl (C=O) groups excluding carboxylic acids is 4. The SMILES string of the molecule is CCOC(=O)CCCCCSc1nn(C2OC(COC(=O)c3ccccc3)C(OC(=O)c3ccccc3)C2OC(=O)c2ccccc2)c(=O)[nH]c1=O. The number of H-pyrrole nitrogens is 1. The van der Waals surface area contributed by atoms with E-state index in [-0.39, 0.29) is 34.1 Å². The summed E-state index contributed by atoms with van der Waals surface area (Å²) in [5.41, 5.74) is -1.13. The molecule has 1 N–H and O–H groups in total. The zero-order valence-corrected chi connectivity index (χ0v) is 29.0. The molecule has 0 radical (unpaired) electrons. The van der Waals surface area contributed by atoms with Crippen LogP contribution in [0.5, 0.6) is 0 Å². The van der Waals surface area contributed by atoms with Gasteiger partial charge in [-0.3, -0.25) is 14.6 Å². The molecule has 0 aliphatic carbocycles. The molecule has 272 valence electrons. The largest absolute Gasteiger partial charge is 0.466 e. The maximum atomic E-state index is 13.4. The molecule has 0 amide bonds. The Bertz CT molecular complexity index is 1940. The molecule has 0 bridgehead atoms. The van der Waals surface area contributed by atoms with E-state index < -0.39 is 60.3 Å². The van der Waals surface area contributed by atoms with Gasteiger partial charge in [-0.25, -0.2) is 19.2 Å². The molecule has 1 saturated heterocycles. The van der Waals surface area contributed by atoms with Gasteiger partial charge in [-0.1, -0.05) is 72.8 Å². The zero-order valence-electron chi connectivity index (χ0n) is 28.2. The summed E-state index contributed by atoms with van der Waals surface area (Å²) in [6, 6.07) is 24.2. The van der Waals surface area contributed by atoms with Gasteiger partial charge in [0, 0.05) is 6.42 Å². The van der Waals surface area contributed by atoms with Crippen molar-refractivity contribution in [1.82, 2.24) is 14.8 Å². The summed E-state index contributed by atoms with van der Waals surface area (Å²) in [5, 5.41) is 4.22. The van der Waals surface area contributed by atoms with Gasteiger partial charge in [0.1, 0.15) is 12.7 Å². The lowest BCUT2D eigenvalue weighted by atomic mass is 10.1. The van der Waals surface area contributed by atoms with Crippen molar-refractivity contribution >= 4 is 35.6 Å².